The molecule has 0 bridgehead atoms. The van der Waals surface area contributed by atoms with Crippen LogP contribution in [0, 0.1) is 0 Å². The summed E-state index contributed by atoms with van der Waals surface area (Å²) in [5.41, 5.74) is 0.469. The van der Waals surface area contributed by atoms with E-state index in [4.69, 9.17) is 0 Å². The molecule has 20 heavy (non-hydrogen) atoms. The standard InChI is InChI=1S/C15H16N2O3/c1-3-4-13(18)17-14-12-6-5-11(15(19)20-2)9-10(12)7-8-16-14/h5-9H,3-4H2,1-2H3,(H,16,17,18). The van der Waals surface area contributed by atoms with Crippen LogP contribution in [0.2, 0.25) is 0 Å². The van der Waals surface area contributed by atoms with Crippen LogP contribution in [0.4, 0.5) is 5.82 Å². The lowest BCUT2D eigenvalue weighted by Crippen LogP contribution is -2.12. The molecule has 2 aromatic rings. The Bertz CT molecular complexity index is 653. The van der Waals surface area contributed by atoms with Crippen molar-refractivity contribution in [3.63, 3.8) is 0 Å². The molecule has 0 atom stereocenters. The van der Waals surface area contributed by atoms with Crippen LogP contribution in [0.3, 0.4) is 0 Å². The molecule has 0 unspecified atom stereocenters. The lowest BCUT2D eigenvalue weighted by atomic mass is 10.1. The van der Waals surface area contributed by atoms with E-state index in [1.807, 2.05) is 6.92 Å². The summed E-state index contributed by atoms with van der Waals surface area (Å²) < 4.78 is 4.69. The third kappa shape index (κ3) is 2.93. The number of ether oxygens (including phenoxy) is 1. The van der Waals surface area contributed by atoms with Crippen molar-refractivity contribution in [1.82, 2.24) is 4.98 Å². The van der Waals surface area contributed by atoms with Crippen molar-refractivity contribution in [2.45, 2.75) is 19.8 Å². The minimum Gasteiger partial charge on any atom is -0.465 e. The number of esters is 1. The van der Waals surface area contributed by atoms with Crippen LogP contribution in [0.25, 0.3) is 10.8 Å². The van der Waals surface area contributed by atoms with E-state index in [1.54, 1.807) is 30.5 Å². The molecule has 1 N–H and O–H groups in total. The third-order valence-corrected chi connectivity index (χ3v) is 2.92. The Morgan fingerprint density at radius 2 is 2.10 bits per heavy atom. The van der Waals surface area contributed by atoms with Gasteiger partial charge in [-0.2, -0.15) is 0 Å². The van der Waals surface area contributed by atoms with Crippen LogP contribution >= 0.6 is 0 Å². The number of carbonyl (C=O) groups excluding carboxylic acids is 2. The maximum atomic E-state index is 11.7. The number of pyridine rings is 1. The van der Waals surface area contributed by atoms with E-state index < -0.39 is 0 Å². The molecular weight excluding hydrogens is 256 g/mol. The molecule has 0 spiro atoms. The highest BCUT2D eigenvalue weighted by molar-refractivity contribution is 6.02. The predicted octanol–water partition coefficient (Wildman–Crippen LogP) is 2.76. The Hall–Kier alpha value is -2.43. The average molecular weight is 272 g/mol. The largest absolute Gasteiger partial charge is 0.465 e. The lowest BCUT2D eigenvalue weighted by Gasteiger charge is -2.08. The zero-order valence-corrected chi connectivity index (χ0v) is 11.5. The molecule has 1 aromatic heterocycles. The quantitative estimate of drug-likeness (QED) is 0.869. The number of rotatable bonds is 4. The highest BCUT2D eigenvalue weighted by atomic mass is 16.5. The van der Waals surface area contributed by atoms with Crippen LogP contribution in [0.5, 0.6) is 0 Å². The van der Waals surface area contributed by atoms with Crippen LogP contribution in [0.1, 0.15) is 30.1 Å². The zero-order valence-electron chi connectivity index (χ0n) is 11.5. The first-order valence-electron chi connectivity index (χ1n) is 6.42. The predicted molar refractivity (Wildman–Crippen MR) is 76.6 cm³/mol. The van der Waals surface area contributed by atoms with Crippen molar-refractivity contribution in [3.8, 4) is 0 Å². The number of carbonyl (C=O) groups is 2. The van der Waals surface area contributed by atoms with Crippen molar-refractivity contribution in [2.75, 3.05) is 12.4 Å². The van der Waals surface area contributed by atoms with Crippen molar-refractivity contribution in [3.05, 3.63) is 36.0 Å². The average Bonchev–Trinajstić information content (AvgIpc) is 2.46. The Kier molecular flexibility index (Phi) is 4.30. The number of hydrogen-bond acceptors (Lipinski definition) is 4. The Morgan fingerprint density at radius 1 is 1.30 bits per heavy atom. The van der Waals surface area contributed by atoms with Gasteiger partial charge in [-0.1, -0.05) is 6.92 Å². The van der Waals surface area contributed by atoms with Gasteiger partial charge in [0.05, 0.1) is 12.7 Å². The maximum Gasteiger partial charge on any atom is 0.337 e. The zero-order chi connectivity index (χ0) is 14.5. The monoisotopic (exact) mass is 272 g/mol. The molecule has 0 fully saturated rings. The molecule has 0 aliphatic rings. The van der Waals surface area contributed by atoms with Crippen LogP contribution in [-0.4, -0.2) is 24.0 Å². The first kappa shape index (κ1) is 14.0. The first-order chi connectivity index (χ1) is 9.65. The van der Waals surface area contributed by atoms with Gasteiger partial charge < -0.3 is 10.1 Å². The Morgan fingerprint density at radius 3 is 2.80 bits per heavy atom. The second kappa shape index (κ2) is 6.14. The summed E-state index contributed by atoms with van der Waals surface area (Å²) in [6.07, 6.45) is 2.84. The summed E-state index contributed by atoms with van der Waals surface area (Å²) >= 11 is 0. The second-order valence-electron chi connectivity index (χ2n) is 4.39. The van der Waals surface area contributed by atoms with Gasteiger partial charge in [0.2, 0.25) is 5.91 Å². The molecule has 5 nitrogen and oxygen atoms in total. The summed E-state index contributed by atoms with van der Waals surface area (Å²) in [5.74, 6) is 0.0576. The summed E-state index contributed by atoms with van der Waals surface area (Å²) in [5, 5.41) is 4.41. The molecule has 1 heterocycles. The second-order valence-corrected chi connectivity index (χ2v) is 4.39. The molecule has 0 radical (unpaired) electrons. The molecule has 2 rings (SSSR count). The number of aromatic nitrogens is 1. The van der Waals surface area contributed by atoms with Gasteiger partial charge in [-0.3, -0.25) is 4.79 Å². The summed E-state index contributed by atoms with van der Waals surface area (Å²) in [4.78, 5) is 27.3. The topological polar surface area (TPSA) is 68.3 Å². The van der Waals surface area contributed by atoms with E-state index >= 15 is 0 Å². The number of anilines is 1. The van der Waals surface area contributed by atoms with Crippen LogP contribution in [0.15, 0.2) is 30.5 Å². The first-order valence-corrected chi connectivity index (χ1v) is 6.42. The molecule has 5 heteroatoms. The smallest absolute Gasteiger partial charge is 0.337 e. The van der Waals surface area contributed by atoms with Crippen LogP contribution in [-0.2, 0) is 9.53 Å². The van der Waals surface area contributed by atoms with E-state index in [0.717, 1.165) is 17.2 Å². The molecule has 1 aromatic carbocycles. The normalized spacial score (nSPS) is 10.3. The summed E-state index contributed by atoms with van der Waals surface area (Å²) in [6.45, 7) is 1.94. The number of methoxy groups -OCH3 is 1. The summed E-state index contributed by atoms with van der Waals surface area (Å²) in [7, 11) is 1.34. The van der Waals surface area contributed by atoms with E-state index in [0.29, 0.717) is 17.8 Å². The van der Waals surface area contributed by atoms with Crippen LogP contribution < -0.4 is 5.32 Å². The minimum atomic E-state index is -0.389. The maximum absolute atomic E-state index is 11.7. The van der Waals surface area contributed by atoms with Crippen molar-refractivity contribution in [1.29, 1.82) is 0 Å². The molecule has 0 saturated heterocycles. The van der Waals surface area contributed by atoms with Gasteiger partial charge in [0.25, 0.3) is 0 Å². The van der Waals surface area contributed by atoms with Gasteiger partial charge in [0.15, 0.2) is 0 Å². The van der Waals surface area contributed by atoms with E-state index in [1.165, 1.54) is 7.11 Å². The third-order valence-electron chi connectivity index (χ3n) is 2.92. The van der Waals surface area contributed by atoms with Crippen molar-refractivity contribution < 1.29 is 14.3 Å². The van der Waals surface area contributed by atoms with Gasteiger partial charge >= 0.3 is 5.97 Å². The van der Waals surface area contributed by atoms with Gasteiger partial charge in [-0.15, -0.1) is 0 Å². The van der Waals surface area contributed by atoms with Gasteiger partial charge in [-0.25, -0.2) is 9.78 Å². The number of nitrogens with one attached hydrogen (secondary N) is 1. The fourth-order valence-corrected chi connectivity index (χ4v) is 1.94. The fourth-order valence-electron chi connectivity index (χ4n) is 1.94. The highest BCUT2D eigenvalue weighted by Gasteiger charge is 2.10. The Balaban J connectivity index is 2.38. The fraction of sp³-hybridized carbons (Fsp3) is 0.267. The molecule has 0 aliphatic carbocycles. The van der Waals surface area contributed by atoms with E-state index in [-0.39, 0.29) is 11.9 Å². The minimum absolute atomic E-state index is 0.0652. The molecule has 1 amide bonds. The van der Waals surface area contributed by atoms with Crippen molar-refractivity contribution >= 4 is 28.5 Å². The van der Waals surface area contributed by atoms with Gasteiger partial charge in [-0.05, 0) is 36.1 Å². The highest BCUT2D eigenvalue weighted by Crippen LogP contribution is 2.22. The number of hydrogen-bond donors (Lipinski definition) is 1. The molecular formula is C15H16N2O3. The SMILES string of the molecule is CCCC(=O)Nc1nccc2cc(C(=O)OC)ccc12. The molecule has 104 valence electrons. The van der Waals surface area contributed by atoms with E-state index in [2.05, 4.69) is 15.0 Å². The van der Waals surface area contributed by atoms with Gasteiger partial charge in [0.1, 0.15) is 5.82 Å². The Labute approximate surface area is 117 Å². The molecule has 0 aliphatic heterocycles. The van der Waals surface area contributed by atoms with E-state index in [9.17, 15) is 9.59 Å². The number of benzene rings is 1. The van der Waals surface area contributed by atoms with Crippen molar-refractivity contribution in [2.24, 2.45) is 0 Å². The molecule has 0 saturated carbocycles. The number of amides is 1. The summed E-state index contributed by atoms with van der Waals surface area (Å²) in [6, 6.07) is 6.93. The lowest BCUT2D eigenvalue weighted by molar-refractivity contribution is -0.116. The number of fused-ring (bicyclic) bond motifs is 1. The number of nitrogens with zero attached hydrogens (tertiary/aromatic N) is 1. The van der Waals surface area contributed by atoms with Gasteiger partial charge in [0, 0.05) is 18.0 Å².